The average Bonchev–Trinajstić information content (AvgIpc) is 2.30. The second-order valence-electron chi connectivity index (χ2n) is 4.94. The van der Waals surface area contributed by atoms with E-state index in [0.717, 1.165) is 10.3 Å². The number of rotatable bonds is 5. The molecule has 2 atom stereocenters. The molecular formula is C12H22ClIO. The highest BCUT2D eigenvalue weighted by Gasteiger charge is 2.29. The maximum Gasteiger partial charge on any atom is 0.0881 e. The Hall–Kier alpha value is 0.980. The lowest BCUT2D eigenvalue weighted by Crippen LogP contribution is -2.39. The summed E-state index contributed by atoms with van der Waals surface area (Å²) in [5, 5.41) is 0. The minimum absolute atomic E-state index is 0.140. The van der Waals surface area contributed by atoms with Crippen LogP contribution in [0.5, 0.6) is 0 Å². The Bertz CT molecular complexity index is 176. The van der Waals surface area contributed by atoms with E-state index in [0.29, 0.717) is 12.0 Å². The molecule has 1 saturated carbocycles. The van der Waals surface area contributed by atoms with E-state index in [9.17, 15) is 0 Å². The summed E-state index contributed by atoms with van der Waals surface area (Å²) in [7, 11) is 0. The number of ether oxygens (including phenoxy) is 1. The van der Waals surface area contributed by atoms with Gasteiger partial charge >= 0.3 is 0 Å². The van der Waals surface area contributed by atoms with Gasteiger partial charge < -0.3 is 4.74 Å². The lowest BCUT2D eigenvalue weighted by atomic mass is 9.85. The molecule has 3 heteroatoms. The van der Waals surface area contributed by atoms with Crippen LogP contribution in [-0.4, -0.2) is 22.0 Å². The minimum Gasteiger partial charge on any atom is -0.370 e. The molecule has 0 aliphatic heterocycles. The van der Waals surface area contributed by atoms with Crippen molar-refractivity contribution in [1.29, 1.82) is 0 Å². The molecule has 0 heterocycles. The van der Waals surface area contributed by atoms with Gasteiger partial charge in [0, 0.05) is 4.43 Å². The fraction of sp³-hybridized carbons (Fsp3) is 1.00. The van der Waals surface area contributed by atoms with E-state index in [4.69, 9.17) is 16.3 Å². The molecule has 0 bridgehead atoms. The lowest BCUT2D eigenvalue weighted by molar-refractivity contribution is -0.0754. The van der Waals surface area contributed by atoms with E-state index in [1.165, 1.54) is 32.1 Å². The van der Waals surface area contributed by atoms with Crippen molar-refractivity contribution in [2.45, 2.75) is 57.7 Å². The fourth-order valence-corrected chi connectivity index (χ4v) is 3.17. The molecule has 15 heavy (non-hydrogen) atoms. The van der Waals surface area contributed by atoms with Crippen molar-refractivity contribution in [3.05, 3.63) is 0 Å². The van der Waals surface area contributed by atoms with Gasteiger partial charge in [0.05, 0.1) is 17.6 Å². The number of hydrogen-bond acceptors (Lipinski definition) is 1. The predicted molar refractivity (Wildman–Crippen MR) is 75.1 cm³/mol. The molecule has 1 rings (SSSR count). The summed E-state index contributed by atoms with van der Waals surface area (Å²) in [5.74, 6) is 1.34. The maximum absolute atomic E-state index is 6.14. The van der Waals surface area contributed by atoms with Crippen LogP contribution in [-0.2, 0) is 4.74 Å². The Morgan fingerprint density at radius 2 is 2.00 bits per heavy atom. The first-order valence-corrected chi connectivity index (χ1v) is 7.97. The monoisotopic (exact) mass is 344 g/mol. The average molecular weight is 345 g/mol. The van der Waals surface area contributed by atoms with Gasteiger partial charge in [-0.15, -0.1) is 11.6 Å². The fourth-order valence-electron chi connectivity index (χ4n) is 2.25. The van der Waals surface area contributed by atoms with Gasteiger partial charge in [0.2, 0.25) is 0 Å². The molecule has 90 valence electrons. The van der Waals surface area contributed by atoms with Crippen LogP contribution in [0, 0.1) is 5.92 Å². The highest BCUT2D eigenvalue weighted by atomic mass is 127. The second-order valence-corrected chi connectivity index (χ2v) is 5.97. The third-order valence-electron chi connectivity index (χ3n) is 3.35. The first-order valence-electron chi connectivity index (χ1n) is 5.91. The van der Waals surface area contributed by atoms with Crippen molar-refractivity contribution >= 4 is 34.2 Å². The summed E-state index contributed by atoms with van der Waals surface area (Å²) in [4.78, 5) is 0. The molecule has 0 aromatic rings. The zero-order chi connectivity index (χ0) is 11.3. The Labute approximate surface area is 112 Å². The first kappa shape index (κ1) is 14.0. The number of alkyl halides is 2. The van der Waals surface area contributed by atoms with Crippen LogP contribution >= 0.6 is 34.2 Å². The van der Waals surface area contributed by atoms with Gasteiger partial charge in [-0.1, -0.05) is 41.9 Å². The molecule has 0 radical (unpaired) electrons. The summed E-state index contributed by atoms with van der Waals surface area (Å²) in [6.45, 7) is 4.33. The molecule has 1 nitrogen and oxygen atoms in total. The van der Waals surface area contributed by atoms with E-state index in [-0.39, 0.29) is 5.60 Å². The van der Waals surface area contributed by atoms with Crippen LogP contribution in [0.15, 0.2) is 0 Å². The molecule has 1 fully saturated rings. The Kier molecular flexibility index (Phi) is 6.23. The van der Waals surface area contributed by atoms with Gasteiger partial charge in [0.1, 0.15) is 0 Å². The molecule has 2 unspecified atom stereocenters. The summed E-state index contributed by atoms with van der Waals surface area (Å²) in [5.41, 5.74) is -0.140. The highest BCUT2D eigenvalue weighted by molar-refractivity contribution is 14.1. The van der Waals surface area contributed by atoms with Gasteiger partial charge in [-0.05, 0) is 32.6 Å². The highest BCUT2D eigenvalue weighted by Crippen LogP contribution is 2.30. The Morgan fingerprint density at radius 1 is 1.40 bits per heavy atom. The molecule has 0 aromatic heterocycles. The van der Waals surface area contributed by atoms with E-state index in [2.05, 4.69) is 36.4 Å². The molecule has 1 aliphatic rings. The molecule has 1 aliphatic carbocycles. The Balaban J connectivity index is 2.41. The van der Waals surface area contributed by atoms with Crippen LogP contribution in [0.4, 0.5) is 0 Å². The van der Waals surface area contributed by atoms with Crippen molar-refractivity contribution in [3.8, 4) is 0 Å². The van der Waals surface area contributed by atoms with Crippen LogP contribution in [0.25, 0.3) is 0 Å². The molecular weight excluding hydrogens is 322 g/mol. The van der Waals surface area contributed by atoms with Gasteiger partial charge in [0.15, 0.2) is 0 Å². The maximum atomic E-state index is 6.14. The van der Waals surface area contributed by atoms with Crippen molar-refractivity contribution in [1.82, 2.24) is 0 Å². The second kappa shape index (κ2) is 6.65. The normalized spacial score (nSPS) is 24.8. The SMILES string of the molecule is CC(OC(C)(CCl)CI)C1CCCCC1. The molecule has 0 amide bonds. The molecule has 0 saturated heterocycles. The topological polar surface area (TPSA) is 9.23 Å². The van der Waals surface area contributed by atoms with Crippen molar-refractivity contribution in [2.75, 3.05) is 10.3 Å². The summed E-state index contributed by atoms with van der Waals surface area (Å²) >= 11 is 8.32. The van der Waals surface area contributed by atoms with Crippen molar-refractivity contribution < 1.29 is 4.74 Å². The van der Waals surface area contributed by atoms with Gasteiger partial charge in [-0.3, -0.25) is 0 Å². The quantitative estimate of drug-likeness (QED) is 0.530. The van der Waals surface area contributed by atoms with E-state index in [1.807, 2.05) is 0 Å². The predicted octanol–water partition coefficient (Wildman–Crippen LogP) is 4.40. The molecule has 0 spiro atoms. The number of hydrogen-bond donors (Lipinski definition) is 0. The van der Waals surface area contributed by atoms with Crippen molar-refractivity contribution in [2.24, 2.45) is 5.92 Å². The zero-order valence-electron chi connectivity index (χ0n) is 9.77. The van der Waals surface area contributed by atoms with Gasteiger partial charge in [-0.25, -0.2) is 0 Å². The van der Waals surface area contributed by atoms with Crippen molar-refractivity contribution in [3.63, 3.8) is 0 Å². The van der Waals surface area contributed by atoms with E-state index >= 15 is 0 Å². The molecule has 0 N–H and O–H groups in total. The number of halogens is 2. The largest absolute Gasteiger partial charge is 0.370 e. The third-order valence-corrected chi connectivity index (χ3v) is 5.53. The summed E-state index contributed by atoms with van der Waals surface area (Å²) < 4.78 is 7.10. The lowest BCUT2D eigenvalue weighted by Gasteiger charge is -2.35. The van der Waals surface area contributed by atoms with Crippen LogP contribution in [0.3, 0.4) is 0 Å². The Morgan fingerprint density at radius 3 is 2.47 bits per heavy atom. The van der Waals surface area contributed by atoms with E-state index in [1.54, 1.807) is 0 Å². The van der Waals surface area contributed by atoms with E-state index < -0.39 is 0 Å². The smallest absolute Gasteiger partial charge is 0.0881 e. The minimum atomic E-state index is -0.140. The summed E-state index contributed by atoms with van der Waals surface area (Å²) in [6, 6.07) is 0. The standard InChI is InChI=1S/C12H22ClIO/c1-10(11-6-4-3-5-7-11)15-12(2,8-13)9-14/h10-11H,3-9H2,1-2H3. The van der Waals surface area contributed by atoms with Crippen LogP contribution in [0.1, 0.15) is 46.0 Å². The molecule has 0 aromatic carbocycles. The summed E-state index contributed by atoms with van der Waals surface area (Å²) in [6.07, 6.45) is 7.19. The zero-order valence-corrected chi connectivity index (χ0v) is 12.7. The first-order chi connectivity index (χ1) is 7.11. The van der Waals surface area contributed by atoms with Crippen LogP contribution < -0.4 is 0 Å². The van der Waals surface area contributed by atoms with Gasteiger partial charge in [-0.2, -0.15) is 0 Å². The van der Waals surface area contributed by atoms with Crippen LogP contribution in [0.2, 0.25) is 0 Å². The van der Waals surface area contributed by atoms with Gasteiger partial charge in [0.25, 0.3) is 0 Å². The third kappa shape index (κ3) is 4.39.